The van der Waals surface area contributed by atoms with Crippen LogP contribution in [0.3, 0.4) is 0 Å². The number of carbonyl (C=O) groups excluding carboxylic acids is 3. The molecule has 320 valence electrons. The summed E-state index contributed by atoms with van der Waals surface area (Å²) in [7, 11) is 1.43. The fraction of sp³-hybridized carbons (Fsp3) is 0.400. The Morgan fingerprint density at radius 3 is 2.20 bits per heavy atom. The summed E-state index contributed by atoms with van der Waals surface area (Å²) in [6.45, 7) is 12.4. The first kappa shape index (κ1) is 45.1. The molecule has 3 aromatic rings. The molecule has 0 aromatic heterocycles. The first-order chi connectivity index (χ1) is 28.3. The Kier molecular flexibility index (Phi) is 13.9. The molecule has 6 rings (SSSR count). The number of carbonyl (C=O) groups is 3. The van der Waals surface area contributed by atoms with Crippen molar-refractivity contribution < 1.29 is 58.9 Å². The maximum absolute atomic E-state index is 14.4. The maximum Gasteiger partial charge on any atom is 0.312 e. The number of aliphatic hydroxyl groups excluding tert-OH is 2. The lowest BCUT2D eigenvalue weighted by atomic mass is 9.78. The van der Waals surface area contributed by atoms with Crippen molar-refractivity contribution in [3.63, 3.8) is 0 Å². The largest absolute Gasteiger partial charge is 0.507 e. The van der Waals surface area contributed by atoms with Gasteiger partial charge in [-0.2, -0.15) is 10.2 Å². The van der Waals surface area contributed by atoms with Crippen LogP contribution in [-0.2, 0) is 23.8 Å². The summed E-state index contributed by atoms with van der Waals surface area (Å²) in [4.78, 5) is 40.4. The zero-order valence-electron chi connectivity index (χ0n) is 35.0. The van der Waals surface area contributed by atoms with Gasteiger partial charge in [-0.1, -0.05) is 76.3 Å². The molecular weight excluding hydrogens is 775 g/mol. The SMILES string of the molecule is COC1/C=C/OC2(C)Oc3c(C)c(O)c4c(O)c(c(/C=N/N=C/c5ccccc5)c(O)c4c3C2=O)NC(=O)C(C)=C/C=C/C(C)C(O)C(C)C(O)C(C)C(OC(C)=O)C1C. The van der Waals surface area contributed by atoms with E-state index in [1.165, 1.54) is 59.4 Å². The lowest BCUT2D eigenvalue weighted by molar-refractivity contribution is -0.160. The van der Waals surface area contributed by atoms with Crippen LogP contribution in [0.2, 0.25) is 0 Å². The van der Waals surface area contributed by atoms with Crippen molar-refractivity contribution in [2.24, 2.45) is 33.9 Å². The van der Waals surface area contributed by atoms with Crippen LogP contribution in [-0.4, -0.2) is 92.9 Å². The number of methoxy groups -OCH3 is 1. The van der Waals surface area contributed by atoms with Crippen LogP contribution in [0.5, 0.6) is 23.0 Å². The van der Waals surface area contributed by atoms with Crippen LogP contribution in [0.1, 0.15) is 75.5 Å². The smallest absolute Gasteiger partial charge is 0.312 e. The van der Waals surface area contributed by atoms with Gasteiger partial charge >= 0.3 is 11.8 Å². The minimum absolute atomic E-state index is 0.0282. The normalized spacial score (nSPS) is 29.0. The lowest BCUT2D eigenvalue weighted by Gasteiger charge is -2.38. The summed E-state index contributed by atoms with van der Waals surface area (Å²) in [5.74, 6) is -8.71. The minimum atomic E-state index is -2.07. The molecule has 0 fully saturated rings. The second-order valence-electron chi connectivity index (χ2n) is 15.5. The first-order valence-corrected chi connectivity index (χ1v) is 19.5. The number of esters is 1. The quantitative estimate of drug-likeness (QED) is 0.0555. The Morgan fingerprint density at radius 2 is 1.55 bits per heavy atom. The number of hydrogen-bond acceptors (Lipinski definition) is 14. The predicted molar refractivity (Wildman–Crippen MR) is 225 cm³/mol. The van der Waals surface area contributed by atoms with Gasteiger partial charge in [-0.05, 0) is 25.5 Å². The van der Waals surface area contributed by atoms with E-state index in [4.69, 9.17) is 18.9 Å². The van der Waals surface area contributed by atoms with Crippen LogP contribution in [0.25, 0.3) is 10.8 Å². The van der Waals surface area contributed by atoms with Gasteiger partial charge in [0.1, 0.15) is 23.4 Å². The highest BCUT2D eigenvalue weighted by Gasteiger charge is 2.50. The number of aliphatic hydroxyl groups is 2. The van der Waals surface area contributed by atoms with Crippen LogP contribution in [0, 0.1) is 30.6 Å². The van der Waals surface area contributed by atoms with Gasteiger partial charge < -0.3 is 49.8 Å². The number of nitrogens with zero attached hydrogens (tertiary/aromatic N) is 2. The van der Waals surface area contributed by atoms with E-state index in [1.807, 2.05) is 18.2 Å². The summed E-state index contributed by atoms with van der Waals surface area (Å²) in [6, 6.07) is 9.03. The van der Waals surface area contributed by atoms with Gasteiger partial charge in [-0.25, -0.2) is 0 Å². The number of anilines is 1. The van der Waals surface area contributed by atoms with Gasteiger partial charge in [0, 0.05) is 61.2 Å². The molecule has 0 radical (unpaired) electrons. The summed E-state index contributed by atoms with van der Waals surface area (Å²) in [5, 5.41) is 68.3. The van der Waals surface area contributed by atoms with Crippen molar-refractivity contribution in [2.45, 2.75) is 85.6 Å². The second-order valence-corrected chi connectivity index (χ2v) is 15.5. The second kappa shape index (κ2) is 18.5. The average Bonchev–Trinajstić information content (AvgIpc) is 3.48. The summed E-state index contributed by atoms with van der Waals surface area (Å²) in [5.41, 5.74) is 0.0665. The number of hydrogen-bond donors (Lipinski definition) is 6. The summed E-state index contributed by atoms with van der Waals surface area (Å²) in [6.07, 6.45) is 5.95. The highest BCUT2D eigenvalue weighted by Crippen LogP contribution is 2.55. The monoisotopic (exact) mass is 827 g/mol. The Morgan fingerprint density at radius 1 is 0.883 bits per heavy atom. The zero-order valence-corrected chi connectivity index (χ0v) is 35.0. The molecule has 3 aliphatic rings. The molecule has 3 aromatic carbocycles. The Hall–Kier alpha value is -6.03. The average molecular weight is 828 g/mol. The van der Waals surface area contributed by atoms with Gasteiger partial charge in [0.05, 0.1) is 59.2 Å². The zero-order chi connectivity index (χ0) is 44.2. The molecular formula is C45H53N3O12. The fourth-order valence-corrected chi connectivity index (χ4v) is 7.60. The Labute approximate surface area is 348 Å². The third kappa shape index (κ3) is 8.93. The van der Waals surface area contributed by atoms with Gasteiger partial charge in [0.25, 0.3) is 11.7 Å². The summed E-state index contributed by atoms with van der Waals surface area (Å²) < 4.78 is 23.5. The number of Topliss-reactive ketones (excluding diaryl/α,β-unsaturated/α-hetero) is 1. The van der Waals surface area contributed by atoms with Crippen molar-refractivity contribution in [1.29, 1.82) is 0 Å². The Balaban J connectivity index is 1.71. The first-order valence-electron chi connectivity index (χ1n) is 19.5. The maximum atomic E-state index is 14.4. The topological polar surface area (TPSA) is 226 Å². The van der Waals surface area contributed by atoms with Gasteiger partial charge in [0.15, 0.2) is 5.75 Å². The minimum Gasteiger partial charge on any atom is -0.507 e. The van der Waals surface area contributed by atoms with E-state index in [2.05, 4.69) is 15.5 Å². The van der Waals surface area contributed by atoms with Gasteiger partial charge in [-0.15, -0.1) is 0 Å². The molecule has 3 heterocycles. The van der Waals surface area contributed by atoms with Crippen LogP contribution in [0.4, 0.5) is 5.69 Å². The molecule has 60 heavy (non-hydrogen) atoms. The Bertz CT molecular complexity index is 2280. The number of ether oxygens (including phenoxy) is 4. The number of aromatic hydroxyl groups is 3. The van der Waals surface area contributed by atoms with E-state index in [9.17, 15) is 39.9 Å². The van der Waals surface area contributed by atoms with Crippen molar-refractivity contribution in [3.8, 4) is 23.0 Å². The van der Waals surface area contributed by atoms with Crippen molar-refractivity contribution in [3.05, 3.63) is 88.7 Å². The predicted octanol–water partition coefficient (Wildman–Crippen LogP) is 6.21. The number of phenolic OH excluding ortho intramolecular Hbond substituents is 3. The number of ketones is 1. The van der Waals surface area contributed by atoms with E-state index in [0.29, 0.717) is 5.56 Å². The third-order valence-electron chi connectivity index (χ3n) is 11.3. The third-order valence-corrected chi connectivity index (χ3v) is 11.3. The fourth-order valence-electron chi connectivity index (χ4n) is 7.60. The molecule has 0 saturated carbocycles. The van der Waals surface area contributed by atoms with Gasteiger partial charge in [0.2, 0.25) is 0 Å². The highest BCUT2D eigenvalue weighted by molar-refractivity contribution is 6.23. The standard InChI is InChI=1S/C45H53N3O12/c1-22-14-13-15-23(2)44(56)48-35-30(21-47-46-20-29-16-11-10-12-17-29)39(53)32-33(40(35)54)38(52)27(6)42-34(32)43(55)45(8,60-42)58-19-18-31(57-9)24(3)41(59-28(7)49)26(5)37(51)25(4)36(22)50/h10-22,24-26,31,36-37,41,50-54H,1-9H3,(H,48,56)/b14-13+,19-18+,23-15?,46-20+,47-21+. The van der Waals surface area contributed by atoms with Crippen LogP contribution in [0.15, 0.2) is 76.7 Å². The number of rotatable bonds is 5. The number of amides is 1. The number of fused-ring (bicyclic) bond motifs is 14. The van der Waals surface area contributed by atoms with Crippen molar-refractivity contribution >= 4 is 46.5 Å². The van der Waals surface area contributed by atoms with Gasteiger partial charge in [-0.3, -0.25) is 14.4 Å². The molecule has 3 aliphatic heterocycles. The molecule has 0 spiro atoms. The molecule has 0 aliphatic carbocycles. The molecule has 1 amide bonds. The van der Waals surface area contributed by atoms with E-state index >= 15 is 0 Å². The molecule has 5 bridgehead atoms. The molecule has 6 N–H and O–H groups in total. The molecule has 15 nitrogen and oxygen atoms in total. The highest BCUT2D eigenvalue weighted by atomic mass is 16.7. The number of nitrogens with one attached hydrogen (secondary N) is 1. The van der Waals surface area contributed by atoms with Crippen molar-refractivity contribution in [2.75, 3.05) is 12.4 Å². The van der Waals surface area contributed by atoms with Crippen molar-refractivity contribution in [1.82, 2.24) is 0 Å². The van der Waals surface area contributed by atoms with Crippen LogP contribution >= 0.6 is 0 Å². The number of allylic oxidation sites excluding steroid dienone is 2. The number of benzene rings is 3. The lowest BCUT2D eigenvalue weighted by Crippen LogP contribution is -2.46. The number of phenols is 3. The molecule has 9 atom stereocenters. The van der Waals surface area contributed by atoms with E-state index in [-0.39, 0.29) is 44.5 Å². The molecule has 15 heteroatoms. The van der Waals surface area contributed by atoms with E-state index in [0.717, 1.165) is 6.21 Å². The van der Waals surface area contributed by atoms with E-state index < -0.39 is 88.8 Å². The van der Waals surface area contributed by atoms with E-state index in [1.54, 1.807) is 52.0 Å². The molecule has 0 saturated heterocycles. The summed E-state index contributed by atoms with van der Waals surface area (Å²) >= 11 is 0. The molecule has 9 unspecified atom stereocenters. The van der Waals surface area contributed by atoms with Crippen LogP contribution < -0.4 is 10.1 Å².